The first-order valence-electron chi connectivity index (χ1n) is 5.37. The van der Waals surface area contributed by atoms with Gasteiger partial charge < -0.3 is 4.79 Å². The SMILES string of the molecule is O=CC(c1ccccc1)C(Br)c1ccncc1. The van der Waals surface area contributed by atoms with Gasteiger partial charge in [-0.25, -0.2) is 0 Å². The summed E-state index contributed by atoms with van der Waals surface area (Å²) >= 11 is 3.59. The number of aldehydes is 1. The lowest BCUT2D eigenvalue weighted by molar-refractivity contribution is -0.109. The molecular weight excluding hydrogens is 278 g/mol. The molecule has 0 fully saturated rings. The molecule has 1 aromatic carbocycles. The zero-order valence-electron chi connectivity index (χ0n) is 9.16. The third kappa shape index (κ3) is 2.80. The van der Waals surface area contributed by atoms with Gasteiger partial charge in [-0.05, 0) is 23.3 Å². The van der Waals surface area contributed by atoms with E-state index in [1.165, 1.54) is 0 Å². The third-order valence-corrected chi connectivity index (χ3v) is 3.77. The van der Waals surface area contributed by atoms with Crippen LogP contribution in [0.4, 0.5) is 0 Å². The van der Waals surface area contributed by atoms with Gasteiger partial charge in [0, 0.05) is 12.4 Å². The van der Waals surface area contributed by atoms with E-state index >= 15 is 0 Å². The van der Waals surface area contributed by atoms with E-state index in [1.54, 1.807) is 12.4 Å². The van der Waals surface area contributed by atoms with Crippen molar-refractivity contribution in [3.8, 4) is 0 Å². The maximum Gasteiger partial charge on any atom is 0.128 e. The lowest BCUT2D eigenvalue weighted by Crippen LogP contribution is -2.07. The fourth-order valence-corrected chi connectivity index (χ4v) is 2.48. The molecule has 2 unspecified atom stereocenters. The van der Waals surface area contributed by atoms with Gasteiger partial charge in [0.1, 0.15) is 6.29 Å². The molecule has 0 aliphatic rings. The fourth-order valence-electron chi connectivity index (χ4n) is 1.75. The molecule has 0 saturated heterocycles. The van der Waals surface area contributed by atoms with Crippen molar-refractivity contribution in [2.45, 2.75) is 10.7 Å². The number of hydrogen-bond donors (Lipinski definition) is 0. The molecule has 2 nitrogen and oxygen atoms in total. The number of halogens is 1. The van der Waals surface area contributed by atoms with E-state index in [4.69, 9.17) is 0 Å². The number of pyridine rings is 1. The molecule has 0 bridgehead atoms. The first kappa shape index (κ1) is 12.0. The Labute approximate surface area is 109 Å². The number of benzene rings is 1. The third-order valence-electron chi connectivity index (χ3n) is 2.67. The van der Waals surface area contributed by atoms with Crippen molar-refractivity contribution in [1.29, 1.82) is 0 Å². The first-order valence-corrected chi connectivity index (χ1v) is 6.28. The quantitative estimate of drug-likeness (QED) is 0.637. The van der Waals surface area contributed by atoms with Crippen molar-refractivity contribution < 1.29 is 4.79 Å². The van der Waals surface area contributed by atoms with Crippen LogP contribution in [-0.4, -0.2) is 11.3 Å². The number of carbonyl (C=O) groups is 1. The summed E-state index contributed by atoms with van der Waals surface area (Å²) in [5, 5.41) is 0. The lowest BCUT2D eigenvalue weighted by atomic mass is 9.94. The number of hydrogen-bond acceptors (Lipinski definition) is 2. The Bertz CT molecular complexity index is 472. The van der Waals surface area contributed by atoms with E-state index in [0.717, 1.165) is 17.4 Å². The molecule has 0 spiro atoms. The van der Waals surface area contributed by atoms with Gasteiger partial charge in [0.05, 0.1) is 10.7 Å². The second kappa shape index (κ2) is 5.73. The van der Waals surface area contributed by atoms with Crippen LogP contribution in [0.5, 0.6) is 0 Å². The van der Waals surface area contributed by atoms with Crippen LogP contribution in [0, 0.1) is 0 Å². The van der Waals surface area contributed by atoms with Gasteiger partial charge in [-0.2, -0.15) is 0 Å². The Morgan fingerprint density at radius 1 is 1.00 bits per heavy atom. The minimum absolute atomic E-state index is 0.0228. The Morgan fingerprint density at radius 2 is 1.65 bits per heavy atom. The van der Waals surface area contributed by atoms with E-state index in [1.807, 2.05) is 42.5 Å². The molecule has 2 aromatic rings. The van der Waals surface area contributed by atoms with E-state index < -0.39 is 0 Å². The van der Waals surface area contributed by atoms with Crippen LogP contribution in [-0.2, 0) is 4.79 Å². The summed E-state index contributed by atoms with van der Waals surface area (Å²) in [5.74, 6) is -0.182. The molecule has 2 rings (SSSR count). The van der Waals surface area contributed by atoms with E-state index in [-0.39, 0.29) is 10.7 Å². The molecule has 2 atom stereocenters. The van der Waals surface area contributed by atoms with Gasteiger partial charge in [-0.15, -0.1) is 0 Å². The zero-order chi connectivity index (χ0) is 12.1. The summed E-state index contributed by atoms with van der Waals surface area (Å²) in [4.78, 5) is 15.2. The molecule has 0 aliphatic carbocycles. The second-order valence-electron chi connectivity index (χ2n) is 3.75. The van der Waals surface area contributed by atoms with Gasteiger partial charge in [0.25, 0.3) is 0 Å². The maximum atomic E-state index is 11.3. The van der Waals surface area contributed by atoms with Gasteiger partial charge in [0.2, 0.25) is 0 Å². The molecule has 0 aliphatic heterocycles. The maximum absolute atomic E-state index is 11.3. The van der Waals surface area contributed by atoms with Crippen molar-refractivity contribution in [1.82, 2.24) is 4.98 Å². The first-order chi connectivity index (χ1) is 8.33. The number of aromatic nitrogens is 1. The highest BCUT2D eigenvalue weighted by molar-refractivity contribution is 9.09. The van der Waals surface area contributed by atoms with Crippen molar-refractivity contribution >= 4 is 22.2 Å². The molecule has 1 heterocycles. The van der Waals surface area contributed by atoms with Crippen molar-refractivity contribution in [3.63, 3.8) is 0 Å². The fraction of sp³-hybridized carbons (Fsp3) is 0.143. The van der Waals surface area contributed by atoms with Crippen LogP contribution in [0.15, 0.2) is 54.9 Å². The predicted molar refractivity (Wildman–Crippen MR) is 71.2 cm³/mol. The molecule has 3 heteroatoms. The standard InChI is InChI=1S/C14H12BrNO/c15-14(12-6-8-16-9-7-12)13(10-17)11-4-2-1-3-5-11/h1-10,13-14H. The molecule has 1 aromatic heterocycles. The van der Waals surface area contributed by atoms with Gasteiger partial charge in [-0.1, -0.05) is 46.3 Å². The highest BCUT2D eigenvalue weighted by Gasteiger charge is 2.21. The number of carbonyl (C=O) groups excluding carboxylic acids is 1. The van der Waals surface area contributed by atoms with Crippen LogP contribution in [0.3, 0.4) is 0 Å². The summed E-state index contributed by atoms with van der Waals surface area (Å²) in [6.45, 7) is 0. The van der Waals surface area contributed by atoms with Crippen molar-refractivity contribution in [2.75, 3.05) is 0 Å². The number of rotatable bonds is 4. The normalized spacial score (nSPS) is 13.9. The molecular formula is C14H12BrNO. The van der Waals surface area contributed by atoms with Crippen LogP contribution in [0.25, 0.3) is 0 Å². The van der Waals surface area contributed by atoms with Crippen LogP contribution >= 0.6 is 15.9 Å². The van der Waals surface area contributed by atoms with Crippen LogP contribution in [0.1, 0.15) is 21.9 Å². The zero-order valence-corrected chi connectivity index (χ0v) is 10.7. The number of nitrogens with zero attached hydrogens (tertiary/aromatic N) is 1. The highest BCUT2D eigenvalue weighted by atomic mass is 79.9. The summed E-state index contributed by atoms with van der Waals surface area (Å²) < 4.78 is 0. The predicted octanol–water partition coefficient (Wildman–Crippen LogP) is 3.50. The number of alkyl halides is 1. The molecule has 17 heavy (non-hydrogen) atoms. The smallest absolute Gasteiger partial charge is 0.128 e. The van der Waals surface area contributed by atoms with Gasteiger partial charge in [-0.3, -0.25) is 4.98 Å². The van der Waals surface area contributed by atoms with Gasteiger partial charge in [0.15, 0.2) is 0 Å². The molecule has 0 N–H and O–H groups in total. The molecule has 0 amide bonds. The van der Waals surface area contributed by atoms with E-state index in [9.17, 15) is 4.79 Å². The summed E-state index contributed by atoms with van der Waals surface area (Å²) in [7, 11) is 0. The molecule has 0 saturated carbocycles. The topological polar surface area (TPSA) is 30.0 Å². The monoisotopic (exact) mass is 289 g/mol. The Kier molecular flexibility index (Phi) is 4.04. The Morgan fingerprint density at radius 3 is 2.24 bits per heavy atom. The summed E-state index contributed by atoms with van der Waals surface area (Å²) in [5.41, 5.74) is 2.07. The van der Waals surface area contributed by atoms with Crippen molar-refractivity contribution in [3.05, 3.63) is 66.0 Å². The average molecular weight is 290 g/mol. The summed E-state index contributed by atoms with van der Waals surface area (Å²) in [6.07, 6.45) is 4.45. The van der Waals surface area contributed by atoms with E-state index in [0.29, 0.717) is 0 Å². The molecule has 0 radical (unpaired) electrons. The molecule has 86 valence electrons. The minimum atomic E-state index is -0.182. The summed E-state index contributed by atoms with van der Waals surface area (Å²) in [6, 6.07) is 13.6. The Balaban J connectivity index is 2.28. The van der Waals surface area contributed by atoms with Gasteiger partial charge >= 0.3 is 0 Å². The Hall–Kier alpha value is -1.48. The van der Waals surface area contributed by atoms with Crippen LogP contribution in [0.2, 0.25) is 0 Å². The lowest BCUT2D eigenvalue weighted by Gasteiger charge is -2.17. The minimum Gasteiger partial charge on any atom is -0.303 e. The largest absolute Gasteiger partial charge is 0.303 e. The van der Waals surface area contributed by atoms with Crippen molar-refractivity contribution in [2.24, 2.45) is 0 Å². The second-order valence-corrected chi connectivity index (χ2v) is 4.74. The van der Waals surface area contributed by atoms with Crippen LogP contribution < -0.4 is 0 Å². The average Bonchev–Trinajstić information content (AvgIpc) is 2.42. The van der Waals surface area contributed by atoms with E-state index in [2.05, 4.69) is 20.9 Å². The highest BCUT2D eigenvalue weighted by Crippen LogP contribution is 2.36.